The van der Waals surface area contributed by atoms with Crippen molar-refractivity contribution in [3.05, 3.63) is 35.9 Å². The van der Waals surface area contributed by atoms with Crippen LogP contribution in [0.3, 0.4) is 0 Å². The molecule has 0 aromatic heterocycles. The van der Waals surface area contributed by atoms with Gasteiger partial charge in [0.1, 0.15) is 0 Å². The topological polar surface area (TPSA) is 41.1 Å². The Labute approximate surface area is 122 Å². The molecule has 1 aromatic rings. The van der Waals surface area contributed by atoms with Gasteiger partial charge in [-0.2, -0.15) is 0 Å². The molecule has 1 aromatic carbocycles. The number of nitrogens with one attached hydrogen (secondary N) is 2. The molecule has 3 heteroatoms. The minimum atomic E-state index is 0.0837. The Balaban J connectivity index is 1.79. The molecule has 1 saturated heterocycles. The first-order valence-corrected chi connectivity index (χ1v) is 7.72. The largest absolute Gasteiger partial charge is 0.350 e. The van der Waals surface area contributed by atoms with E-state index in [1.807, 2.05) is 25.1 Å². The molecule has 0 aliphatic carbocycles. The molecule has 0 bridgehead atoms. The average Bonchev–Trinajstić information content (AvgIpc) is 2.49. The lowest BCUT2D eigenvalue weighted by molar-refractivity contribution is -0.123. The molecule has 1 heterocycles. The molecule has 1 aliphatic rings. The number of hydrogen-bond donors (Lipinski definition) is 2. The molecule has 110 valence electrons. The average molecular weight is 274 g/mol. The SMILES string of the molecule is CC(CC(=O)N[C@H](C)c1ccccc1)C1CCCNC1. The van der Waals surface area contributed by atoms with Crippen molar-refractivity contribution in [2.75, 3.05) is 13.1 Å². The summed E-state index contributed by atoms with van der Waals surface area (Å²) in [6.45, 7) is 6.42. The zero-order chi connectivity index (χ0) is 14.4. The fourth-order valence-corrected chi connectivity index (χ4v) is 2.95. The molecular weight excluding hydrogens is 248 g/mol. The lowest BCUT2D eigenvalue weighted by atomic mass is 9.85. The highest BCUT2D eigenvalue weighted by Crippen LogP contribution is 2.23. The summed E-state index contributed by atoms with van der Waals surface area (Å²) in [6.07, 6.45) is 3.11. The van der Waals surface area contributed by atoms with E-state index >= 15 is 0 Å². The van der Waals surface area contributed by atoms with Gasteiger partial charge in [0.05, 0.1) is 6.04 Å². The maximum atomic E-state index is 12.1. The fourth-order valence-electron chi connectivity index (χ4n) is 2.95. The van der Waals surface area contributed by atoms with Crippen molar-refractivity contribution in [2.45, 2.75) is 39.2 Å². The maximum absolute atomic E-state index is 12.1. The summed E-state index contributed by atoms with van der Waals surface area (Å²) >= 11 is 0. The quantitative estimate of drug-likeness (QED) is 0.867. The summed E-state index contributed by atoms with van der Waals surface area (Å²) in [4.78, 5) is 12.1. The summed E-state index contributed by atoms with van der Waals surface area (Å²) in [5.74, 6) is 1.26. The van der Waals surface area contributed by atoms with Crippen molar-refractivity contribution in [2.24, 2.45) is 11.8 Å². The standard InChI is InChI=1S/C17H26N2O/c1-13(16-9-6-10-18-12-16)11-17(20)19-14(2)15-7-4-3-5-8-15/h3-5,7-8,13-14,16,18H,6,9-12H2,1-2H3,(H,19,20)/t13?,14-,16?/m1/s1. The number of rotatable bonds is 5. The van der Waals surface area contributed by atoms with Crippen LogP contribution in [-0.4, -0.2) is 19.0 Å². The Hall–Kier alpha value is -1.35. The van der Waals surface area contributed by atoms with Gasteiger partial charge in [0.2, 0.25) is 5.91 Å². The van der Waals surface area contributed by atoms with Gasteiger partial charge in [-0.25, -0.2) is 0 Å². The van der Waals surface area contributed by atoms with E-state index in [0.717, 1.165) is 18.7 Å². The van der Waals surface area contributed by atoms with E-state index in [1.54, 1.807) is 0 Å². The second-order valence-electron chi connectivity index (χ2n) is 5.99. The minimum Gasteiger partial charge on any atom is -0.350 e. The van der Waals surface area contributed by atoms with Crippen LogP contribution in [0.5, 0.6) is 0 Å². The first-order valence-electron chi connectivity index (χ1n) is 7.72. The van der Waals surface area contributed by atoms with Gasteiger partial charge in [-0.1, -0.05) is 37.3 Å². The molecule has 2 unspecified atom stereocenters. The van der Waals surface area contributed by atoms with E-state index in [1.165, 1.54) is 12.8 Å². The summed E-state index contributed by atoms with van der Waals surface area (Å²) in [7, 11) is 0. The smallest absolute Gasteiger partial charge is 0.220 e. The Morgan fingerprint density at radius 3 is 2.75 bits per heavy atom. The highest BCUT2D eigenvalue weighted by atomic mass is 16.1. The van der Waals surface area contributed by atoms with Crippen molar-refractivity contribution in [1.29, 1.82) is 0 Å². The van der Waals surface area contributed by atoms with Crippen LogP contribution in [0.25, 0.3) is 0 Å². The Kier molecular flexibility index (Phi) is 5.60. The first-order chi connectivity index (χ1) is 9.66. The van der Waals surface area contributed by atoms with Crippen LogP contribution in [0, 0.1) is 11.8 Å². The molecule has 1 fully saturated rings. The zero-order valence-electron chi connectivity index (χ0n) is 12.6. The van der Waals surface area contributed by atoms with E-state index in [0.29, 0.717) is 18.3 Å². The number of benzene rings is 1. The van der Waals surface area contributed by atoms with Crippen LogP contribution < -0.4 is 10.6 Å². The second-order valence-corrected chi connectivity index (χ2v) is 5.99. The third kappa shape index (κ3) is 4.34. The zero-order valence-corrected chi connectivity index (χ0v) is 12.6. The Bertz CT molecular complexity index is 412. The number of hydrogen-bond acceptors (Lipinski definition) is 2. The van der Waals surface area contributed by atoms with Gasteiger partial charge in [0.25, 0.3) is 0 Å². The third-order valence-corrected chi connectivity index (χ3v) is 4.32. The van der Waals surface area contributed by atoms with Gasteiger partial charge in [-0.15, -0.1) is 0 Å². The van der Waals surface area contributed by atoms with E-state index in [9.17, 15) is 4.79 Å². The van der Waals surface area contributed by atoms with Crippen molar-refractivity contribution >= 4 is 5.91 Å². The monoisotopic (exact) mass is 274 g/mol. The summed E-state index contributed by atoms with van der Waals surface area (Å²) in [5.41, 5.74) is 1.16. The van der Waals surface area contributed by atoms with Crippen LogP contribution in [0.2, 0.25) is 0 Å². The number of carbonyl (C=O) groups is 1. The molecule has 1 aliphatic heterocycles. The van der Waals surface area contributed by atoms with Gasteiger partial charge in [0, 0.05) is 6.42 Å². The highest BCUT2D eigenvalue weighted by molar-refractivity contribution is 5.76. The molecule has 2 N–H and O–H groups in total. The lowest BCUT2D eigenvalue weighted by Crippen LogP contribution is -2.36. The Morgan fingerprint density at radius 2 is 2.10 bits per heavy atom. The summed E-state index contributed by atoms with van der Waals surface area (Å²) in [6, 6.07) is 10.2. The van der Waals surface area contributed by atoms with Gasteiger partial charge < -0.3 is 10.6 Å². The molecule has 0 saturated carbocycles. The third-order valence-electron chi connectivity index (χ3n) is 4.32. The van der Waals surface area contributed by atoms with Crippen molar-refractivity contribution in [3.63, 3.8) is 0 Å². The molecule has 20 heavy (non-hydrogen) atoms. The molecule has 2 rings (SSSR count). The predicted molar refractivity (Wildman–Crippen MR) is 82.4 cm³/mol. The number of carbonyl (C=O) groups excluding carboxylic acids is 1. The van der Waals surface area contributed by atoms with Gasteiger partial charge in [-0.3, -0.25) is 4.79 Å². The van der Waals surface area contributed by atoms with E-state index in [4.69, 9.17) is 0 Å². The van der Waals surface area contributed by atoms with Crippen LogP contribution in [-0.2, 0) is 4.79 Å². The number of amides is 1. The number of piperidine rings is 1. The van der Waals surface area contributed by atoms with Crippen LogP contribution in [0.4, 0.5) is 0 Å². The second kappa shape index (κ2) is 7.44. The molecule has 1 amide bonds. The predicted octanol–water partition coefficient (Wildman–Crippen LogP) is 2.89. The molecule has 0 radical (unpaired) electrons. The molecule has 3 nitrogen and oxygen atoms in total. The van der Waals surface area contributed by atoms with Crippen LogP contribution in [0.1, 0.15) is 44.7 Å². The molecule has 3 atom stereocenters. The summed E-state index contributed by atoms with van der Waals surface area (Å²) in [5, 5.41) is 6.53. The van der Waals surface area contributed by atoms with E-state index in [-0.39, 0.29) is 11.9 Å². The van der Waals surface area contributed by atoms with Crippen molar-refractivity contribution in [1.82, 2.24) is 10.6 Å². The minimum absolute atomic E-state index is 0.0837. The van der Waals surface area contributed by atoms with Gasteiger partial charge in [0.15, 0.2) is 0 Å². The molecule has 0 spiro atoms. The normalized spacial score (nSPS) is 22.0. The van der Waals surface area contributed by atoms with Crippen molar-refractivity contribution < 1.29 is 4.79 Å². The van der Waals surface area contributed by atoms with E-state index in [2.05, 4.69) is 29.7 Å². The van der Waals surface area contributed by atoms with Crippen LogP contribution >= 0.6 is 0 Å². The first kappa shape index (κ1) is 15.0. The maximum Gasteiger partial charge on any atom is 0.220 e. The fraction of sp³-hybridized carbons (Fsp3) is 0.588. The molecular formula is C17H26N2O. The summed E-state index contributed by atoms with van der Waals surface area (Å²) < 4.78 is 0. The van der Waals surface area contributed by atoms with Crippen LogP contribution in [0.15, 0.2) is 30.3 Å². The van der Waals surface area contributed by atoms with Crippen molar-refractivity contribution in [3.8, 4) is 0 Å². The van der Waals surface area contributed by atoms with E-state index < -0.39 is 0 Å². The lowest BCUT2D eigenvalue weighted by Gasteiger charge is -2.28. The van der Waals surface area contributed by atoms with Gasteiger partial charge >= 0.3 is 0 Å². The van der Waals surface area contributed by atoms with Gasteiger partial charge in [-0.05, 0) is 50.3 Å². The Morgan fingerprint density at radius 1 is 1.35 bits per heavy atom. The highest BCUT2D eigenvalue weighted by Gasteiger charge is 2.22.